The van der Waals surface area contributed by atoms with Crippen molar-refractivity contribution in [3.63, 3.8) is 0 Å². The normalized spacial score (nSPS) is 16.7. The van der Waals surface area contributed by atoms with Crippen molar-refractivity contribution in [2.24, 2.45) is 0 Å². The summed E-state index contributed by atoms with van der Waals surface area (Å²) in [5, 5.41) is 7.44. The minimum absolute atomic E-state index is 0.0462. The average Bonchev–Trinajstić information content (AvgIpc) is 2.58. The second-order valence-electron chi connectivity index (χ2n) is 4.01. The molecule has 3 rings (SSSR count). The number of alkyl halides is 2. The van der Waals surface area contributed by atoms with Crippen LogP contribution in [-0.2, 0) is 0 Å². The van der Waals surface area contributed by atoms with Crippen LogP contribution in [0.5, 0.6) is 0 Å². The van der Waals surface area contributed by atoms with Gasteiger partial charge in [-0.1, -0.05) is 0 Å². The van der Waals surface area contributed by atoms with Gasteiger partial charge in [0.05, 0.1) is 0 Å². The number of hydrogen-bond acceptors (Lipinski definition) is 3. The summed E-state index contributed by atoms with van der Waals surface area (Å²) in [4.78, 5) is 4.29. The molecule has 3 heterocycles. The summed E-state index contributed by atoms with van der Waals surface area (Å²) in [5.74, 6) is 0.993. The van der Waals surface area contributed by atoms with Gasteiger partial charge in [0.25, 0.3) is 6.43 Å². The van der Waals surface area contributed by atoms with Gasteiger partial charge >= 0.3 is 0 Å². The maximum absolute atomic E-state index is 12.6. The van der Waals surface area contributed by atoms with E-state index in [2.05, 4.69) is 31.3 Å². The molecule has 0 bridgehead atoms. The fourth-order valence-electron chi connectivity index (χ4n) is 1.75. The third kappa shape index (κ3) is 1.83. The van der Waals surface area contributed by atoms with Crippen molar-refractivity contribution >= 4 is 21.6 Å². The Bertz CT molecular complexity index is 565. The topological polar surface area (TPSA) is 42.2 Å². The molecule has 0 aromatic carbocycles. The molecular formula is C10H9BrF2N4. The molecule has 7 heteroatoms. The molecule has 1 saturated heterocycles. The Kier molecular flexibility index (Phi) is 2.59. The maximum atomic E-state index is 12.6. The molecule has 1 aliphatic rings. The van der Waals surface area contributed by atoms with E-state index in [-0.39, 0.29) is 11.5 Å². The van der Waals surface area contributed by atoms with Crippen LogP contribution in [0.2, 0.25) is 0 Å². The molecule has 17 heavy (non-hydrogen) atoms. The van der Waals surface area contributed by atoms with Crippen molar-refractivity contribution in [3.8, 4) is 0 Å². The molecule has 0 aliphatic carbocycles. The number of halogens is 3. The average molecular weight is 303 g/mol. The highest BCUT2D eigenvalue weighted by molar-refractivity contribution is 9.10. The predicted molar refractivity (Wildman–Crippen MR) is 61.3 cm³/mol. The van der Waals surface area contributed by atoms with Gasteiger partial charge in [-0.2, -0.15) is 0 Å². The zero-order valence-corrected chi connectivity index (χ0v) is 10.3. The van der Waals surface area contributed by atoms with Crippen molar-refractivity contribution in [1.29, 1.82) is 0 Å². The molecule has 90 valence electrons. The number of fused-ring (bicyclic) bond motifs is 1. The molecule has 2 aromatic rings. The lowest BCUT2D eigenvalue weighted by Gasteiger charge is -2.23. The molecule has 1 aliphatic heterocycles. The quantitative estimate of drug-likeness (QED) is 0.864. The minimum atomic E-state index is -2.50. The van der Waals surface area contributed by atoms with Crippen LogP contribution in [0.15, 0.2) is 16.7 Å². The van der Waals surface area contributed by atoms with Crippen LogP contribution in [0.4, 0.5) is 8.78 Å². The van der Waals surface area contributed by atoms with Crippen LogP contribution in [0.25, 0.3) is 5.65 Å². The third-order valence-electron chi connectivity index (χ3n) is 2.83. The summed E-state index contributed by atoms with van der Waals surface area (Å²) < 4.78 is 27.3. The lowest BCUT2D eigenvalue weighted by atomic mass is 10.0. The number of aromatic nitrogens is 3. The van der Waals surface area contributed by atoms with Gasteiger partial charge < -0.3 is 5.32 Å². The second-order valence-corrected chi connectivity index (χ2v) is 4.82. The van der Waals surface area contributed by atoms with Crippen LogP contribution < -0.4 is 5.32 Å². The largest absolute Gasteiger partial charge is 0.315 e. The Morgan fingerprint density at radius 1 is 1.41 bits per heavy atom. The Morgan fingerprint density at radius 2 is 2.18 bits per heavy atom. The first kappa shape index (κ1) is 11.0. The highest BCUT2D eigenvalue weighted by atomic mass is 79.9. The monoisotopic (exact) mass is 302 g/mol. The van der Waals surface area contributed by atoms with E-state index >= 15 is 0 Å². The molecular weight excluding hydrogens is 294 g/mol. The summed E-state index contributed by atoms with van der Waals surface area (Å²) in [5.41, 5.74) is 0.409. The highest BCUT2D eigenvalue weighted by Gasteiger charge is 2.24. The first-order valence-corrected chi connectivity index (χ1v) is 5.99. The zero-order chi connectivity index (χ0) is 12.0. The second kappa shape index (κ2) is 3.99. The van der Waals surface area contributed by atoms with Crippen molar-refractivity contribution in [2.45, 2.75) is 12.3 Å². The van der Waals surface area contributed by atoms with E-state index < -0.39 is 6.43 Å². The van der Waals surface area contributed by atoms with Crippen LogP contribution in [0, 0.1) is 0 Å². The van der Waals surface area contributed by atoms with Gasteiger partial charge in [0, 0.05) is 24.6 Å². The first-order valence-electron chi connectivity index (χ1n) is 5.20. The van der Waals surface area contributed by atoms with Gasteiger partial charge in [-0.3, -0.25) is 0 Å². The Labute approximate surface area is 104 Å². The summed E-state index contributed by atoms with van der Waals surface area (Å²) >= 11 is 3.23. The molecule has 1 fully saturated rings. The number of pyridine rings is 1. The number of nitrogens with zero attached hydrogens (tertiary/aromatic N) is 3. The van der Waals surface area contributed by atoms with Gasteiger partial charge in [-0.05, 0) is 28.1 Å². The molecule has 1 N–H and O–H groups in total. The van der Waals surface area contributed by atoms with Crippen molar-refractivity contribution in [3.05, 3.63) is 28.1 Å². The third-order valence-corrected chi connectivity index (χ3v) is 3.40. The number of hydrogen-bond donors (Lipinski definition) is 1. The summed E-state index contributed by atoms with van der Waals surface area (Å²) in [6, 6.07) is 2.74. The van der Waals surface area contributed by atoms with E-state index in [9.17, 15) is 8.78 Å². The number of rotatable bonds is 2. The number of nitrogens with one attached hydrogen (secondary N) is 1. The highest BCUT2D eigenvalue weighted by Crippen LogP contribution is 2.25. The van der Waals surface area contributed by atoms with E-state index in [1.165, 1.54) is 12.1 Å². The summed E-state index contributed by atoms with van der Waals surface area (Å²) in [7, 11) is 0. The van der Waals surface area contributed by atoms with E-state index in [4.69, 9.17) is 0 Å². The molecule has 0 amide bonds. The van der Waals surface area contributed by atoms with Crippen LogP contribution in [0.3, 0.4) is 0 Å². The van der Waals surface area contributed by atoms with Crippen molar-refractivity contribution < 1.29 is 8.78 Å². The molecule has 0 radical (unpaired) electrons. The summed E-state index contributed by atoms with van der Waals surface area (Å²) in [6.45, 7) is 1.69. The van der Waals surface area contributed by atoms with Gasteiger partial charge in [0.1, 0.15) is 4.60 Å². The van der Waals surface area contributed by atoms with E-state index in [0.717, 1.165) is 13.1 Å². The van der Waals surface area contributed by atoms with Crippen molar-refractivity contribution in [1.82, 2.24) is 19.9 Å². The standard InChI is InChI=1S/C10H9BrF2N4/c11-7-1-5(9(12)13)2-8-15-10(16-17(7)8)6-3-14-4-6/h1-2,6,9,14H,3-4H2. The van der Waals surface area contributed by atoms with Crippen LogP contribution >= 0.6 is 15.9 Å². The fraction of sp³-hybridized carbons (Fsp3) is 0.400. The van der Waals surface area contributed by atoms with Crippen LogP contribution in [0.1, 0.15) is 23.7 Å². The van der Waals surface area contributed by atoms with Gasteiger partial charge in [-0.25, -0.2) is 18.3 Å². The van der Waals surface area contributed by atoms with E-state index in [1.807, 2.05) is 0 Å². The molecule has 4 nitrogen and oxygen atoms in total. The molecule has 0 spiro atoms. The zero-order valence-electron chi connectivity index (χ0n) is 8.70. The molecule has 0 atom stereocenters. The Morgan fingerprint density at radius 3 is 2.76 bits per heavy atom. The molecule has 2 aromatic heterocycles. The lowest BCUT2D eigenvalue weighted by molar-refractivity contribution is 0.151. The smallest absolute Gasteiger partial charge is 0.264 e. The predicted octanol–water partition coefficient (Wildman–Crippen LogP) is 2.12. The Hall–Kier alpha value is -1.08. The SMILES string of the molecule is FC(F)c1cc(Br)n2nc(C3CNC3)nc2c1. The lowest BCUT2D eigenvalue weighted by Crippen LogP contribution is -2.40. The summed E-state index contributed by atoms with van der Waals surface area (Å²) in [6.07, 6.45) is -2.50. The Balaban J connectivity index is 2.10. The molecule has 0 saturated carbocycles. The van der Waals surface area contributed by atoms with E-state index in [0.29, 0.717) is 16.1 Å². The minimum Gasteiger partial charge on any atom is -0.315 e. The van der Waals surface area contributed by atoms with Gasteiger partial charge in [-0.15, -0.1) is 5.10 Å². The first-order chi connectivity index (χ1) is 8.15. The van der Waals surface area contributed by atoms with Gasteiger partial charge in [0.2, 0.25) is 0 Å². The van der Waals surface area contributed by atoms with Gasteiger partial charge in [0.15, 0.2) is 11.5 Å². The van der Waals surface area contributed by atoms with Crippen molar-refractivity contribution in [2.75, 3.05) is 13.1 Å². The van der Waals surface area contributed by atoms with E-state index in [1.54, 1.807) is 4.52 Å². The molecule has 0 unspecified atom stereocenters. The van der Waals surface area contributed by atoms with Crippen LogP contribution in [-0.4, -0.2) is 27.7 Å². The fourth-order valence-corrected chi connectivity index (χ4v) is 2.28. The maximum Gasteiger partial charge on any atom is 0.264 e.